The maximum Gasteiger partial charge on any atom is 0.340 e. The van der Waals surface area contributed by atoms with Crippen molar-refractivity contribution in [3.05, 3.63) is 51.1 Å². The minimum absolute atomic E-state index is 0.0350. The summed E-state index contributed by atoms with van der Waals surface area (Å²) in [7, 11) is 0. The van der Waals surface area contributed by atoms with E-state index >= 15 is 0 Å². The van der Waals surface area contributed by atoms with Crippen LogP contribution < -0.4 is 5.73 Å². The number of halogens is 1. The molecule has 5 nitrogen and oxygen atoms in total. The van der Waals surface area contributed by atoms with E-state index in [1.54, 1.807) is 35.6 Å². The van der Waals surface area contributed by atoms with E-state index in [0.29, 0.717) is 22.2 Å². The highest BCUT2D eigenvalue weighted by atomic mass is 35.5. The van der Waals surface area contributed by atoms with Gasteiger partial charge in [0, 0.05) is 4.88 Å². The van der Waals surface area contributed by atoms with Crippen molar-refractivity contribution < 1.29 is 9.53 Å². The van der Waals surface area contributed by atoms with Crippen LogP contribution in [0.5, 0.6) is 0 Å². The maximum absolute atomic E-state index is 12.2. The number of nitrogens with two attached hydrogens (primary N) is 1. The van der Waals surface area contributed by atoms with E-state index in [1.165, 1.54) is 23.3 Å². The number of hydrogen-bond donors (Lipinski definition) is 1. The van der Waals surface area contributed by atoms with Gasteiger partial charge in [0.15, 0.2) is 12.4 Å². The highest BCUT2D eigenvalue weighted by Gasteiger charge is 2.20. The molecule has 0 saturated heterocycles. The SMILES string of the molecule is Nc1nc(COC(=O)c2ccccc2Cl)nc2sc3c(c12)CCCC3. The smallest absolute Gasteiger partial charge is 0.340 e. The highest BCUT2D eigenvalue weighted by Crippen LogP contribution is 2.37. The Morgan fingerprint density at radius 2 is 2.04 bits per heavy atom. The van der Waals surface area contributed by atoms with Crippen molar-refractivity contribution in [2.75, 3.05) is 5.73 Å². The topological polar surface area (TPSA) is 78.1 Å². The zero-order chi connectivity index (χ0) is 17.4. The first kappa shape index (κ1) is 16.3. The maximum atomic E-state index is 12.2. The van der Waals surface area contributed by atoms with Crippen molar-refractivity contribution in [2.45, 2.75) is 32.3 Å². The quantitative estimate of drug-likeness (QED) is 0.697. The van der Waals surface area contributed by atoms with Gasteiger partial charge in [-0.3, -0.25) is 0 Å². The van der Waals surface area contributed by atoms with Crippen LogP contribution in [0.1, 0.15) is 39.5 Å². The molecule has 0 radical (unpaired) electrons. The summed E-state index contributed by atoms with van der Waals surface area (Å²) in [6.45, 7) is -0.0350. The fourth-order valence-corrected chi connectivity index (χ4v) is 4.63. The van der Waals surface area contributed by atoms with Gasteiger partial charge >= 0.3 is 5.97 Å². The number of esters is 1. The first-order valence-corrected chi connectivity index (χ1v) is 9.31. The van der Waals surface area contributed by atoms with Gasteiger partial charge in [0.05, 0.1) is 16.0 Å². The molecule has 7 heteroatoms. The van der Waals surface area contributed by atoms with Gasteiger partial charge in [-0.25, -0.2) is 14.8 Å². The van der Waals surface area contributed by atoms with Crippen LogP contribution >= 0.6 is 22.9 Å². The molecule has 0 bridgehead atoms. The molecule has 3 aromatic rings. The summed E-state index contributed by atoms with van der Waals surface area (Å²) in [4.78, 5) is 23.3. The number of nitrogens with zero attached hydrogens (tertiary/aromatic N) is 2. The Morgan fingerprint density at radius 3 is 2.88 bits per heavy atom. The lowest BCUT2D eigenvalue weighted by molar-refractivity contribution is 0.0463. The molecule has 2 N–H and O–H groups in total. The van der Waals surface area contributed by atoms with E-state index in [9.17, 15) is 4.79 Å². The summed E-state index contributed by atoms with van der Waals surface area (Å²) in [5, 5.41) is 1.33. The molecule has 2 heterocycles. The average Bonchev–Trinajstić information content (AvgIpc) is 2.99. The largest absolute Gasteiger partial charge is 0.454 e. The van der Waals surface area contributed by atoms with Crippen molar-refractivity contribution in [1.82, 2.24) is 9.97 Å². The minimum Gasteiger partial charge on any atom is -0.454 e. The van der Waals surface area contributed by atoms with Crippen LogP contribution in [0.2, 0.25) is 5.02 Å². The predicted molar refractivity (Wildman–Crippen MR) is 99.0 cm³/mol. The molecule has 1 aliphatic carbocycles. The molecular weight excluding hydrogens is 358 g/mol. The van der Waals surface area contributed by atoms with Gasteiger partial charge in [-0.1, -0.05) is 23.7 Å². The van der Waals surface area contributed by atoms with E-state index in [1.807, 2.05) is 0 Å². The molecule has 0 atom stereocenters. The van der Waals surface area contributed by atoms with Crippen molar-refractivity contribution in [3.8, 4) is 0 Å². The monoisotopic (exact) mass is 373 g/mol. The van der Waals surface area contributed by atoms with Crippen LogP contribution in [0.15, 0.2) is 24.3 Å². The average molecular weight is 374 g/mol. The van der Waals surface area contributed by atoms with Crippen molar-refractivity contribution >= 4 is 44.9 Å². The Bertz CT molecular complexity index is 970. The lowest BCUT2D eigenvalue weighted by Gasteiger charge is -2.11. The fourth-order valence-electron chi connectivity index (χ4n) is 3.13. The van der Waals surface area contributed by atoms with Gasteiger partial charge in [-0.05, 0) is 43.4 Å². The predicted octanol–water partition coefficient (Wildman–Crippen LogP) is 4.16. The lowest BCUT2D eigenvalue weighted by Crippen LogP contribution is -2.09. The van der Waals surface area contributed by atoms with Crippen LogP contribution in [0, 0.1) is 0 Å². The third kappa shape index (κ3) is 3.07. The highest BCUT2D eigenvalue weighted by molar-refractivity contribution is 7.19. The molecule has 0 spiro atoms. The molecule has 1 aromatic carbocycles. The number of carbonyl (C=O) groups is 1. The van der Waals surface area contributed by atoms with Gasteiger partial charge in [-0.2, -0.15) is 0 Å². The van der Waals surface area contributed by atoms with Gasteiger partial charge in [0.2, 0.25) is 0 Å². The Hall–Kier alpha value is -2.18. The summed E-state index contributed by atoms with van der Waals surface area (Å²) >= 11 is 7.68. The van der Waals surface area contributed by atoms with Crippen molar-refractivity contribution in [2.24, 2.45) is 0 Å². The second-order valence-corrected chi connectivity index (χ2v) is 7.46. The van der Waals surface area contributed by atoms with Gasteiger partial charge in [0.25, 0.3) is 0 Å². The van der Waals surface area contributed by atoms with E-state index in [2.05, 4.69) is 9.97 Å². The number of carbonyl (C=O) groups excluding carboxylic acids is 1. The number of thiophene rings is 1. The summed E-state index contributed by atoms with van der Waals surface area (Å²) in [6, 6.07) is 6.76. The summed E-state index contributed by atoms with van der Waals surface area (Å²) in [5.74, 6) is 0.371. The van der Waals surface area contributed by atoms with E-state index in [4.69, 9.17) is 22.1 Å². The van der Waals surface area contributed by atoms with Gasteiger partial charge in [0.1, 0.15) is 10.6 Å². The molecule has 0 saturated carbocycles. The third-order valence-corrected chi connectivity index (χ3v) is 5.83. The fraction of sp³-hybridized carbons (Fsp3) is 0.278. The zero-order valence-corrected chi connectivity index (χ0v) is 15.0. The molecule has 128 valence electrons. The number of benzene rings is 1. The Labute approximate surface area is 153 Å². The summed E-state index contributed by atoms with van der Waals surface area (Å²) in [5.41, 5.74) is 7.78. The standard InChI is InChI=1S/C18H16ClN3O2S/c19-12-7-3-1-5-10(12)18(23)24-9-14-21-16(20)15-11-6-2-4-8-13(11)25-17(15)22-14/h1,3,5,7H,2,4,6,8-9H2,(H2,20,21,22). The molecule has 0 aliphatic heterocycles. The van der Waals surface area contributed by atoms with Crippen LogP contribution in [0.25, 0.3) is 10.2 Å². The second-order valence-electron chi connectivity index (χ2n) is 5.97. The van der Waals surface area contributed by atoms with E-state index in [0.717, 1.165) is 23.1 Å². The number of ether oxygens (including phenoxy) is 1. The Kier molecular flexibility index (Phi) is 4.31. The molecule has 0 fully saturated rings. The number of anilines is 1. The number of fused-ring (bicyclic) bond motifs is 3. The number of hydrogen-bond acceptors (Lipinski definition) is 6. The Morgan fingerprint density at radius 1 is 1.24 bits per heavy atom. The molecular formula is C18H16ClN3O2S. The van der Waals surface area contributed by atoms with Gasteiger partial charge in [-0.15, -0.1) is 11.3 Å². The first-order valence-electron chi connectivity index (χ1n) is 8.12. The summed E-state index contributed by atoms with van der Waals surface area (Å²) in [6.07, 6.45) is 4.49. The number of nitrogen functional groups attached to an aromatic ring is 1. The van der Waals surface area contributed by atoms with Crippen molar-refractivity contribution in [3.63, 3.8) is 0 Å². The number of aromatic nitrogens is 2. The molecule has 2 aromatic heterocycles. The van der Waals surface area contributed by atoms with Crippen LogP contribution in [0.4, 0.5) is 5.82 Å². The molecule has 0 amide bonds. The molecule has 0 unspecified atom stereocenters. The molecule has 1 aliphatic rings. The van der Waals surface area contributed by atoms with Crippen LogP contribution in [-0.2, 0) is 24.2 Å². The van der Waals surface area contributed by atoms with Crippen molar-refractivity contribution in [1.29, 1.82) is 0 Å². The first-order chi connectivity index (χ1) is 12.1. The van der Waals surface area contributed by atoms with Crippen LogP contribution in [0.3, 0.4) is 0 Å². The zero-order valence-electron chi connectivity index (χ0n) is 13.4. The van der Waals surface area contributed by atoms with Crippen LogP contribution in [-0.4, -0.2) is 15.9 Å². The third-order valence-electron chi connectivity index (χ3n) is 4.32. The second kappa shape index (κ2) is 6.61. The normalized spacial score (nSPS) is 13.6. The minimum atomic E-state index is -0.502. The number of rotatable bonds is 3. The molecule has 25 heavy (non-hydrogen) atoms. The Balaban J connectivity index is 1.58. The molecule has 4 rings (SSSR count). The van der Waals surface area contributed by atoms with E-state index < -0.39 is 5.97 Å². The summed E-state index contributed by atoms with van der Waals surface area (Å²) < 4.78 is 5.30. The van der Waals surface area contributed by atoms with Gasteiger partial charge < -0.3 is 10.5 Å². The van der Waals surface area contributed by atoms with E-state index in [-0.39, 0.29) is 6.61 Å². The lowest BCUT2D eigenvalue weighted by atomic mass is 9.97. The number of aryl methyl sites for hydroxylation is 2.